The zero-order valence-electron chi connectivity index (χ0n) is 14.4. The van der Waals surface area contributed by atoms with Gasteiger partial charge in [-0.1, -0.05) is 0 Å². The topological polar surface area (TPSA) is 61.8 Å². The Kier molecular flexibility index (Phi) is 5.51. The normalized spacial score (nSPS) is 21.8. The summed E-state index contributed by atoms with van der Waals surface area (Å²) in [6, 6.07) is 4.29. The van der Waals surface area contributed by atoms with Gasteiger partial charge in [0.1, 0.15) is 5.60 Å². The third-order valence-corrected chi connectivity index (χ3v) is 3.80. The van der Waals surface area contributed by atoms with Crippen molar-refractivity contribution in [1.82, 2.24) is 4.90 Å². The molecule has 1 saturated heterocycles. The fraction of sp³-hybridized carbons (Fsp3) is 0.588. The van der Waals surface area contributed by atoms with Gasteiger partial charge in [0.2, 0.25) is 0 Å². The lowest BCUT2D eigenvalue weighted by atomic mass is 10.0. The molecule has 0 saturated carbocycles. The van der Waals surface area contributed by atoms with Gasteiger partial charge in [-0.15, -0.1) is 0 Å². The van der Waals surface area contributed by atoms with Gasteiger partial charge in [0.15, 0.2) is 0 Å². The molecule has 0 bridgehead atoms. The molecule has 2 unspecified atom stereocenters. The zero-order chi connectivity index (χ0) is 18.8. The number of halogens is 3. The maximum atomic E-state index is 12.6. The van der Waals surface area contributed by atoms with Crippen molar-refractivity contribution in [2.45, 2.75) is 51.1 Å². The SMILES string of the molecule is CC(C)(C)OC(=O)N1CCC(Nc2ccc(C(F)(F)F)cc2)C(O)C1. The molecule has 1 aromatic rings. The quantitative estimate of drug-likeness (QED) is 0.848. The number of benzene rings is 1. The van der Waals surface area contributed by atoms with Gasteiger partial charge in [-0.2, -0.15) is 13.2 Å². The molecule has 2 atom stereocenters. The average Bonchev–Trinajstić information content (AvgIpc) is 2.47. The average molecular weight is 360 g/mol. The smallest absolute Gasteiger partial charge is 0.416 e. The molecule has 0 aromatic heterocycles. The van der Waals surface area contributed by atoms with Crippen molar-refractivity contribution >= 4 is 11.8 Å². The maximum absolute atomic E-state index is 12.6. The lowest BCUT2D eigenvalue weighted by molar-refractivity contribution is -0.137. The second kappa shape index (κ2) is 7.11. The standard InChI is InChI=1S/C17H23F3N2O3/c1-16(2,3)25-15(24)22-9-8-13(14(23)10-22)21-12-6-4-11(5-7-12)17(18,19)20/h4-7,13-14,21,23H,8-10H2,1-3H3. The summed E-state index contributed by atoms with van der Waals surface area (Å²) in [6.45, 7) is 5.79. The molecule has 1 aliphatic rings. The van der Waals surface area contributed by atoms with Gasteiger partial charge < -0.3 is 20.1 Å². The van der Waals surface area contributed by atoms with E-state index in [1.165, 1.54) is 17.0 Å². The summed E-state index contributed by atoms with van der Waals surface area (Å²) < 4.78 is 43.0. The van der Waals surface area contributed by atoms with E-state index in [1.54, 1.807) is 20.8 Å². The molecule has 140 valence electrons. The minimum atomic E-state index is -4.38. The second-order valence-electron chi connectivity index (χ2n) is 7.11. The van der Waals surface area contributed by atoms with E-state index in [-0.39, 0.29) is 12.6 Å². The third kappa shape index (κ3) is 5.52. The highest BCUT2D eigenvalue weighted by atomic mass is 19.4. The number of carbonyl (C=O) groups is 1. The van der Waals surface area contributed by atoms with Crippen molar-refractivity contribution in [3.8, 4) is 0 Å². The van der Waals surface area contributed by atoms with Crippen LogP contribution in [-0.2, 0) is 10.9 Å². The minimum Gasteiger partial charge on any atom is -0.444 e. The maximum Gasteiger partial charge on any atom is 0.416 e. The van der Waals surface area contributed by atoms with Crippen LogP contribution in [0.2, 0.25) is 0 Å². The first-order valence-corrected chi connectivity index (χ1v) is 8.05. The molecule has 25 heavy (non-hydrogen) atoms. The van der Waals surface area contributed by atoms with E-state index in [4.69, 9.17) is 4.74 Å². The van der Waals surface area contributed by atoms with Gasteiger partial charge in [0.05, 0.1) is 24.3 Å². The van der Waals surface area contributed by atoms with Crippen molar-refractivity contribution in [2.24, 2.45) is 0 Å². The molecule has 1 aliphatic heterocycles. The molecular formula is C17H23F3N2O3. The largest absolute Gasteiger partial charge is 0.444 e. The molecular weight excluding hydrogens is 337 g/mol. The Bertz CT molecular complexity index is 597. The molecule has 1 aromatic carbocycles. The van der Waals surface area contributed by atoms with Crippen molar-refractivity contribution in [1.29, 1.82) is 0 Å². The summed E-state index contributed by atoms with van der Waals surface area (Å²) in [5.41, 5.74) is -0.849. The van der Waals surface area contributed by atoms with Crippen LogP contribution < -0.4 is 5.32 Å². The molecule has 5 nitrogen and oxygen atoms in total. The van der Waals surface area contributed by atoms with Crippen molar-refractivity contribution in [3.05, 3.63) is 29.8 Å². The Labute approximate surface area is 144 Å². The number of piperidine rings is 1. The Morgan fingerprint density at radius 1 is 1.24 bits per heavy atom. The van der Waals surface area contributed by atoms with Crippen LogP contribution in [0.15, 0.2) is 24.3 Å². The van der Waals surface area contributed by atoms with Crippen LogP contribution in [0.25, 0.3) is 0 Å². The number of nitrogens with zero attached hydrogens (tertiary/aromatic N) is 1. The van der Waals surface area contributed by atoms with Crippen LogP contribution in [0.1, 0.15) is 32.8 Å². The van der Waals surface area contributed by atoms with Crippen LogP contribution in [0.5, 0.6) is 0 Å². The van der Waals surface area contributed by atoms with E-state index in [9.17, 15) is 23.1 Å². The predicted octanol–water partition coefficient (Wildman–Crippen LogP) is 3.49. The second-order valence-corrected chi connectivity index (χ2v) is 7.11. The molecule has 1 fully saturated rings. The van der Waals surface area contributed by atoms with Gasteiger partial charge in [-0.25, -0.2) is 4.79 Å². The van der Waals surface area contributed by atoms with E-state index < -0.39 is 29.5 Å². The van der Waals surface area contributed by atoms with E-state index >= 15 is 0 Å². The van der Waals surface area contributed by atoms with Crippen molar-refractivity contribution < 1.29 is 27.8 Å². The van der Waals surface area contributed by atoms with Gasteiger partial charge in [-0.3, -0.25) is 0 Å². The summed E-state index contributed by atoms with van der Waals surface area (Å²) >= 11 is 0. The van der Waals surface area contributed by atoms with E-state index in [1.807, 2.05) is 0 Å². The van der Waals surface area contributed by atoms with Crippen molar-refractivity contribution in [3.63, 3.8) is 0 Å². The Balaban J connectivity index is 1.92. The van der Waals surface area contributed by atoms with E-state index in [0.717, 1.165) is 12.1 Å². The van der Waals surface area contributed by atoms with Crippen LogP contribution >= 0.6 is 0 Å². The number of β-amino-alcohol motifs (C(OH)–C–C–N with tert-alkyl or cyclic N) is 1. The van der Waals surface area contributed by atoms with Gasteiger partial charge >= 0.3 is 12.3 Å². The van der Waals surface area contributed by atoms with Crippen LogP contribution in [0.3, 0.4) is 0 Å². The monoisotopic (exact) mass is 360 g/mol. The number of hydrogen-bond donors (Lipinski definition) is 2. The Hall–Kier alpha value is -1.96. The molecule has 8 heteroatoms. The molecule has 0 spiro atoms. The Morgan fingerprint density at radius 2 is 1.84 bits per heavy atom. The lowest BCUT2D eigenvalue weighted by Gasteiger charge is -2.37. The van der Waals surface area contributed by atoms with Crippen LogP contribution in [0, 0.1) is 0 Å². The number of alkyl halides is 3. The lowest BCUT2D eigenvalue weighted by Crippen LogP contribution is -2.52. The number of ether oxygens (including phenoxy) is 1. The first-order valence-electron chi connectivity index (χ1n) is 8.05. The Morgan fingerprint density at radius 3 is 2.32 bits per heavy atom. The third-order valence-electron chi connectivity index (χ3n) is 3.80. The van der Waals surface area contributed by atoms with Crippen LogP contribution in [-0.4, -0.2) is 46.9 Å². The molecule has 1 heterocycles. The zero-order valence-corrected chi connectivity index (χ0v) is 14.4. The molecule has 1 amide bonds. The summed E-state index contributed by atoms with van der Waals surface area (Å²) in [6.07, 6.45) is -5.25. The van der Waals surface area contributed by atoms with Gasteiger partial charge in [0.25, 0.3) is 0 Å². The number of anilines is 1. The van der Waals surface area contributed by atoms with Gasteiger partial charge in [-0.05, 0) is 51.5 Å². The predicted molar refractivity (Wildman–Crippen MR) is 87.3 cm³/mol. The number of aliphatic hydroxyl groups excluding tert-OH is 1. The van der Waals surface area contributed by atoms with E-state index in [0.29, 0.717) is 18.7 Å². The van der Waals surface area contributed by atoms with Gasteiger partial charge in [0, 0.05) is 12.2 Å². The molecule has 0 radical (unpaired) electrons. The fourth-order valence-corrected chi connectivity index (χ4v) is 2.56. The number of carbonyl (C=O) groups excluding carboxylic acids is 1. The number of rotatable bonds is 2. The molecule has 2 N–H and O–H groups in total. The summed E-state index contributed by atoms with van der Waals surface area (Å²) in [5, 5.41) is 13.3. The highest BCUT2D eigenvalue weighted by Gasteiger charge is 2.33. The number of likely N-dealkylation sites (tertiary alicyclic amines) is 1. The highest BCUT2D eigenvalue weighted by molar-refractivity contribution is 5.68. The summed E-state index contributed by atoms with van der Waals surface area (Å²) in [4.78, 5) is 13.5. The number of nitrogens with one attached hydrogen (secondary N) is 1. The highest BCUT2D eigenvalue weighted by Crippen LogP contribution is 2.30. The number of aliphatic hydroxyl groups is 1. The fourth-order valence-electron chi connectivity index (χ4n) is 2.56. The first-order chi connectivity index (χ1) is 11.5. The van der Waals surface area contributed by atoms with E-state index in [2.05, 4.69) is 5.32 Å². The minimum absolute atomic E-state index is 0.104. The first kappa shape index (κ1) is 19.4. The summed E-state index contributed by atoms with van der Waals surface area (Å²) in [5.74, 6) is 0. The number of amides is 1. The molecule has 2 rings (SSSR count). The molecule has 0 aliphatic carbocycles. The number of hydrogen-bond acceptors (Lipinski definition) is 4. The van der Waals surface area contributed by atoms with Crippen LogP contribution in [0.4, 0.5) is 23.7 Å². The summed E-state index contributed by atoms with van der Waals surface area (Å²) in [7, 11) is 0. The van der Waals surface area contributed by atoms with Crippen molar-refractivity contribution in [2.75, 3.05) is 18.4 Å².